The molecule has 0 atom stereocenters. The lowest BCUT2D eigenvalue weighted by molar-refractivity contribution is 0.144. The first-order valence-electron chi connectivity index (χ1n) is 2.92. The van der Waals surface area contributed by atoms with Gasteiger partial charge < -0.3 is 5.73 Å². The number of alkyl halides is 2. The molecule has 0 saturated heterocycles. The molecule has 1 heterocycles. The van der Waals surface area contributed by atoms with Gasteiger partial charge in [-0.3, -0.25) is 0 Å². The quantitative estimate of drug-likeness (QED) is 0.767. The fourth-order valence-corrected chi connectivity index (χ4v) is 1.28. The van der Waals surface area contributed by atoms with Gasteiger partial charge in [-0.1, -0.05) is 15.9 Å². The van der Waals surface area contributed by atoms with E-state index in [2.05, 4.69) is 20.9 Å². The van der Waals surface area contributed by atoms with Crippen molar-refractivity contribution < 1.29 is 13.2 Å². The molecule has 2 N–H and O–H groups in total. The number of pyridine rings is 1. The van der Waals surface area contributed by atoms with Crippen molar-refractivity contribution in [2.45, 2.75) is 6.43 Å². The smallest absolute Gasteiger partial charge is 0.269 e. The van der Waals surface area contributed by atoms with E-state index in [4.69, 9.17) is 5.73 Å². The minimum Gasteiger partial charge on any atom is -0.384 e. The zero-order valence-electron chi connectivity index (χ0n) is 5.69. The highest BCUT2D eigenvalue weighted by Gasteiger charge is 2.18. The van der Waals surface area contributed by atoms with E-state index in [0.29, 0.717) is 0 Å². The molecule has 66 valence electrons. The second kappa shape index (κ2) is 3.30. The lowest BCUT2D eigenvalue weighted by Gasteiger charge is -2.04. The number of nitrogens with two attached hydrogens (primary N) is 1. The van der Waals surface area contributed by atoms with Gasteiger partial charge in [0.15, 0.2) is 0 Å². The van der Waals surface area contributed by atoms with E-state index in [0.717, 1.165) is 6.07 Å². The third-order valence-electron chi connectivity index (χ3n) is 1.20. The molecule has 0 spiro atoms. The summed E-state index contributed by atoms with van der Waals surface area (Å²) < 4.78 is 36.7. The standard InChI is InChI=1S/C6H4BrF3N2/c7-2-1-3(11)12-6(10)4(2)5(8)9/h1,5H,(H2,11,12). The van der Waals surface area contributed by atoms with Gasteiger partial charge in [0.1, 0.15) is 5.82 Å². The van der Waals surface area contributed by atoms with E-state index in [1.807, 2.05) is 0 Å². The molecule has 0 aliphatic rings. The Kier molecular flexibility index (Phi) is 2.56. The van der Waals surface area contributed by atoms with Crippen molar-refractivity contribution in [1.82, 2.24) is 4.98 Å². The second-order valence-electron chi connectivity index (χ2n) is 2.03. The zero-order chi connectivity index (χ0) is 9.30. The number of anilines is 1. The van der Waals surface area contributed by atoms with Crippen LogP contribution in [-0.2, 0) is 0 Å². The molecular formula is C6H4BrF3N2. The summed E-state index contributed by atoms with van der Waals surface area (Å²) >= 11 is 2.76. The number of hydrogen-bond acceptors (Lipinski definition) is 2. The minimum absolute atomic E-state index is 0.0671. The van der Waals surface area contributed by atoms with E-state index < -0.39 is 17.9 Å². The van der Waals surface area contributed by atoms with Gasteiger partial charge in [-0.15, -0.1) is 0 Å². The highest BCUT2D eigenvalue weighted by Crippen LogP contribution is 2.29. The molecule has 1 aromatic rings. The topological polar surface area (TPSA) is 38.9 Å². The fraction of sp³-hybridized carbons (Fsp3) is 0.167. The molecular weight excluding hydrogens is 237 g/mol. The Bertz CT molecular complexity index is 280. The SMILES string of the molecule is Nc1cc(Br)c(C(F)F)c(F)n1. The first kappa shape index (κ1) is 9.31. The van der Waals surface area contributed by atoms with E-state index in [1.165, 1.54) is 0 Å². The molecule has 0 bridgehead atoms. The van der Waals surface area contributed by atoms with Crippen molar-refractivity contribution in [1.29, 1.82) is 0 Å². The largest absolute Gasteiger partial charge is 0.384 e. The number of rotatable bonds is 1. The average Bonchev–Trinajstić information content (AvgIpc) is 1.82. The predicted molar refractivity (Wildman–Crippen MR) is 41.3 cm³/mol. The van der Waals surface area contributed by atoms with Gasteiger partial charge in [-0.2, -0.15) is 4.39 Å². The van der Waals surface area contributed by atoms with Crippen molar-refractivity contribution in [2.24, 2.45) is 0 Å². The van der Waals surface area contributed by atoms with E-state index in [-0.39, 0.29) is 10.3 Å². The number of hydrogen-bond donors (Lipinski definition) is 1. The van der Waals surface area contributed by atoms with Crippen LogP contribution in [0.15, 0.2) is 10.5 Å². The van der Waals surface area contributed by atoms with Gasteiger partial charge >= 0.3 is 0 Å². The maximum atomic E-state index is 12.7. The Morgan fingerprint density at radius 2 is 2.08 bits per heavy atom. The summed E-state index contributed by atoms with van der Waals surface area (Å²) in [5.41, 5.74) is 4.34. The summed E-state index contributed by atoms with van der Waals surface area (Å²) in [6.07, 6.45) is -2.90. The molecule has 1 rings (SSSR count). The number of halogens is 4. The Morgan fingerprint density at radius 3 is 2.50 bits per heavy atom. The molecule has 0 fully saturated rings. The van der Waals surface area contributed by atoms with Crippen LogP contribution < -0.4 is 5.73 Å². The third kappa shape index (κ3) is 1.69. The Morgan fingerprint density at radius 1 is 1.50 bits per heavy atom. The van der Waals surface area contributed by atoms with Crippen molar-refractivity contribution in [3.8, 4) is 0 Å². The zero-order valence-corrected chi connectivity index (χ0v) is 7.28. The van der Waals surface area contributed by atoms with Crippen LogP contribution in [0.2, 0.25) is 0 Å². The molecule has 0 radical (unpaired) electrons. The van der Waals surface area contributed by atoms with Crippen LogP contribution in [-0.4, -0.2) is 4.98 Å². The molecule has 1 aromatic heterocycles. The first-order valence-corrected chi connectivity index (χ1v) is 3.71. The molecule has 0 saturated carbocycles. The van der Waals surface area contributed by atoms with Crippen molar-refractivity contribution in [3.63, 3.8) is 0 Å². The Labute approximate surface area is 74.7 Å². The molecule has 0 aliphatic carbocycles. The third-order valence-corrected chi connectivity index (χ3v) is 1.86. The van der Waals surface area contributed by atoms with Crippen LogP contribution >= 0.6 is 15.9 Å². The lowest BCUT2D eigenvalue weighted by Crippen LogP contribution is -2.00. The minimum atomic E-state index is -2.90. The first-order chi connectivity index (χ1) is 5.52. The predicted octanol–water partition coefficient (Wildman–Crippen LogP) is 2.50. The summed E-state index contributed by atoms with van der Waals surface area (Å²) in [5, 5.41) is 0. The van der Waals surface area contributed by atoms with Gasteiger partial charge in [0.2, 0.25) is 5.95 Å². The van der Waals surface area contributed by atoms with Crippen LogP contribution in [0.3, 0.4) is 0 Å². The maximum Gasteiger partial charge on any atom is 0.269 e. The van der Waals surface area contributed by atoms with Crippen molar-refractivity contribution in [3.05, 3.63) is 22.1 Å². The van der Waals surface area contributed by atoms with E-state index in [9.17, 15) is 13.2 Å². The lowest BCUT2D eigenvalue weighted by atomic mass is 10.3. The van der Waals surface area contributed by atoms with Crippen molar-refractivity contribution >= 4 is 21.7 Å². The van der Waals surface area contributed by atoms with Crippen LogP contribution in [0.1, 0.15) is 12.0 Å². The van der Waals surface area contributed by atoms with Crippen LogP contribution in [0.5, 0.6) is 0 Å². The number of nitrogens with zero attached hydrogens (tertiary/aromatic N) is 1. The molecule has 0 unspecified atom stereocenters. The Hall–Kier alpha value is -0.780. The highest BCUT2D eigenvalue weighted by atomic mass is 79.9. The molecule has 12 heavy (non-hydrogen) atoms. The van der Waals surface area contributed by atoms with Crippen LogP contribution in [0, 0.1) is 5.95 Å². The summed E-state index contributed by atoms with van der Waals surface area (Å²) in [6.45, 7) is 0. The second-order valence-corrected chi connectivity index (χ2v) is 2.89. The molecule has 0 aromatic carbocycles. The molecule has 2 nitrogen and oxygen atoms in total. The molecule has 0 amide bonds. The van der Waals surface area contributed by atoms with Crippen molar-refractivity contribution in [2.75, 3.05) is 5.73 Å². The molecule has 6 heteroatoms. The van der Waals surface area contributed by atoms with Gasteiger partial charge in [-0.05, 0) is 6.07 Å². The monoisotopic (exact) mass is 240 g/mol. The molecule has 0 aliphatic heterocycles. The van der Waals surface area contributed by atoms with Gasteiger partial charge in [0, 0.05) is 4.47 Å². The summed E-state index contributed by atoms with van der Waals surface area (Å²) in [4.78, 5) is 3.06. The highest BCUT2D eigenvalue weighted by molar-refractivity contribution is 9.10. The summed E-state index contributed by atoms with van der Waals surface area (Å²) in [6, 6.07) is 1.13. The van der Waals surface area contributed by atoms with E-state index >= 15 is 0 Å². The summed E-state index contributed by atoms with van der Waals surface area (Å²) in [5.74, 6) is -1.37. The average molecular weight is 241 g/mol. The van der Waals surface area contributed by atoms with Crippen LogP contribution in [0.4, 0.5) is 19.0 Å². The van der Waals surface area contributed by atoms with Gasteiger partial charge in [0.25, 0.3) is 6.43 Å². The maximum absolute atomic E-state index is 12.7. The summed E-state index contributed by atoms with van der Waals surface area (Å²) in [7, 11) is 0. The number of nitrogen functional groups attached to an aromatic ring is 1. The van der Waals surface area contributed by atoms with Crippen LogP contribution in [0.25, 0.3) is 0 Å². The number of aromatic nitrogens is 1. The Balaban J connectivity index is 3.28. The van der Waals surface area contributed by atoms with Gasteiger partial charge in [-0.25, -0.2) is 13.8 Å². The van der Waals surface area contributed by atoms with Gasteiger partial charge in [0.05, 0.1) is 5.56 Å². The van der Waals surface area contributed by atoms with E-state index in [1.54, 1.807) is 0 Å². The fourth-order valence-electron chi connectivity index (χ4n) is 0.706. The normalized spacial score (nSPS) is 10.8.